The van der Waals surface area contributed by atoms with Gasteiger partial charge in [0, 0.05) is 6.08 Å². The maximum absolute atomic E-state index is 11.3. The molecule has 0 aromatic heterocycles. The highest BCUT2D eigenvalue weighted by molar-refractivity contribution is 5.81. The van der Waals surface area contributed by atoms with Crippen molar-refractivity contribution in [2.75, 3.05) is 6.61 Å². The van der Waals surface area contributed by atoms with Crippen molar-refractivity contribution in [1.29, 1.82) is 0 Å². The van der Waals surface area contributed by atoms with Gasteiger partial charge in [-0.1, -0.05) is 6.58 Å². The summed E-state index contributed by atoms with van der Waals surface area (Å²) < 4.78 is 34.5. The monoisotopic (exact) mass is 314 g/mol. The number of hydrogen-bond donors (Lipinski definition) is 0. The molecule has 22 heavy (non-hydrogen) atoms. The summed E-state index contributed by atoms with van der Waals surface area (Å²) in [5.41, 5.74) is 0. The minimum Gasteiger partial charge on any atom is -0.460 e. The normalized spacial score (nSPS) is 41.5. The van der Waals surface area contributed by atoms with Gasteiger partial charge in [0.2, 0.25) is 0 Å². The van der Waals surface area contributed by atoms with Gasteiger partial charge in [0.05, 0.1) is 0 Å². The van der Waals surface area contributed by atoms with E-state index in [1.807, 2.05) is 27.7 Å². The van der Waals surface area contributed by atoms with E-state index in [9.17, 15) is 4.79 Å². The van der Waals surface area contributed by atoms with Gasteiger partial charge in [-0.2, -0.15) is 0 Å². The average Bonchev–Trinajstić information content (AvgIpc) is 2.89. The Morgan fingerprint density at radius 1 is 1.05 bits per heavy atom. The van der Waals surface area contributed by atoms with Gasteiger partial charge in [0.25, 0.3) is 0 Å². The fraction of sp³-hybridized carbons (Fsp3) is 0.800. The van der Waals surface area contributed by atoms with Crippen molar-refractivity contribution in [3.63, 3.8) is 0 Å². The first-order valence-corrected chi connectivity index (χ1v) is 7.37. The van der Waals surface area contributed by atoms with Crippen molar-refractivity contribution < 1.29 is 33.2 Å². The van der Waals surface area contributed by atoms with E-state index in [2.05, 4.69) is 6.58 Å². The molecule has 0 aromatic rings. The number of fused-ring (bicyclic) bond motifs is 3. The van der Waals surface area contributed by atoms with Crippen LogP contribution in [0.15, 0.2) is 12.7 Å². The van der Waals surface area contributed by atoms with Crippen molar-refractivity contribution in [2.24, 2.45) is 0 Å². The Morgan fingerprint density at radius 2 is 1.64 bits per heavy atom. The largest absolute Gasteiger partial charge is 0.460 e. The van der Waals surface area contributed by atoms with Crippen molar-refractivity contribution >= 4 is 5.97 Å². The first-order valence-electron chi connectivity index (χ1n) is 7.37. The summed E-state index contributed by atoms with van der Waals surface area (Å²) in [7, 11) is 0. The second-order valence-electron chi connectivity index (χ2n) is 6.54. The number of carbonyl (C=O) groups is 1. The number of carbonyl (C=O) groups excluding carboxylic acids is 1. The number of ether oxygens (including phenoxy) is 6. The Balaban J connectivity index is 1.77. The van der Waals surface area contributed by atoms with Crippen molar-refractivity contribution in [1.82, 2.24) is 0 Å². The predicted octanol–water partition coefficient (Wildman–Crippen LogP) is 1.11. The smallest absolute Gasteiger partial charge is 0.330 e. The van der Waals surface area contributed by atoms with Crippen LogP contribution < -0.4 is 0 Å². The van der Waals surface area contributed by atoms with Gasteiger partial charge in [-0.15, -0.1) is 0 Å². The van der Waals surface area contributed by atoms with E-state index in [0.717, 1.165) is 6.08 Å². The summed E-state index contributed by atoms with van der Waals surface area (Å²) in [5.74, 6) is -2.03. The van der Waals surface area contributed by atoms with Crippen LogP contribution in [0.4, 0.5) is 0 Å². The Kier molecular flexibility index (Phi) is 3.81. The van der Waals surface area contributed by atoms with Crippen molar-refractivity contribution in [3.8, 4) is 0 Å². The Labute approximate surface area is 129 Å². The van der Waals surface area contributed by atoms with Crippen LogP contribution in [0.25, 0.3) is 0 Å². The van der Waals surface area contributed by atoms with Crippen molar-refractivity contribution in [3.05, 3.63) is 12.7 Å². The number of rotatable bonds is 3. The van der Waals surface area contributed by atoms with Crippen LogP contribution in [-0.2, 0) is 33.2 Å². The molecule has 3 rings (SSSR count). The molecule has 7 nitrogen and oxygen atoms in total. The molecular weight excluding hydrogens is 292 g/mol. The summed E-state index contributed by atoms with van der Waals surface area (Å²) in [5, 5.41) is 0. The standard InChI is InChI=1S/C15H22O7/c1-6-9(16)17-7-8-10-11(20-14(2,3)19-10)12-13(18-8)22-15(4,5)21-12/h6,8,10-13H,1,7H2,2-5H3. The van der Waals surface area contributed by atoms with Crippen LogP contribution in [0, 0.1) is 0 Å². The minimum atomic E-state index is -0.761. The highest BCUT2D eigenvalue weighted by atomic mass is 16.9. The molecule has 7 heteroatoms. The molecule has 5 atom stereocenters. The quantitative estimate of drug-likeness (QED) is 0.571. The SMILES string of the molecule is C=CC(=O)OCC1OC2OC(C)(C)OC2C2OC(C)(C)OC12. The van der Waals surface area contributed by atoms with E-state index >= 15 is 0 Å². The third-order valence-electron chi connectivity index (χ3n) is 3.81. The lowest BCUT2D eigenvalue weighted by molar-refractivity contribution is -0.242. The summed E-state index contributed by atoms with van der Waals surface area (Å²) in [6.45, 7) is 10.7. The number of hydrogen-bond acceptors (Lipinski definition) is 7. The highest BCUT2D eigenvalue weighted by Gasteiger charge is 2.60. The lowest BCUT2D eigenvalue weighted by atomic mass is 9.99. The van der Waals surface area contributed by atoms with Crippen LogP contribution in [0.3, 0.4) is 0 Å². The molecule has 3 aliphatic rings. The minimum absolute atomic E-state index is 0.0401. The van der Waals surface area contributed by atoms with Crippen LogP contribution >= 0.6 is 0 Å². The molecule has 0 amide bonds. The maximum atomic E-state index is 11.3. The Hall–Kier alpha value is -0.990. The lowest BCUT2D eigenvalue weighted by Gasteiger charge is -2.36. The second kappa shape index (κ2) is 5.28. The third kappa shape index (κ3) is 2.91. The first kappa shape index (κ1) is 15.9. The number of esters is 1. The summed E-state index contributed by atoms with van der Waals surface area (Å²) in [4.78, 5) is 11.3. The van der Waals surface area contributed by atoms with Gasteiger partial charge in [-0.05, 0) is 27.7 Å². The molecular formula is C15H22O7. The second-order valence-corrected chi connectivity index (χ2v) is 6.54. The summed E-state index contributed by atoms with van der Waals surface area (Å²) >= 11 is 0. The highest BCUT2D eigenvalue weighted by Crippen LogP contribution is 2.44. The molecule has 124 valence electrons. The van der Waals surface area contributed by atoms with Crippen LogP contribution in [0.1, 0.15) is 27.7 Å². The zero-order valence-electron chi connectivity index (χ0n) is 13.2. The van der Waals surface area contributed by atoms with Gasteiger partial charge in [-0.25, -0.2) is 4.79 Å². The van der Waals surface area contributed by atoms with E-state index in [-0.39, 0.29) is 18.8 Å². The molecule has 0 saturated carbocycles. The zero-order valence-corrected chi connectivity index (χ0v) is 13.2. The molecule has 3 fully saturated rings. The Morgan fingerprint density at radius 3 is 2.32 bits per heavy atom. The molecule has 5 unspecified atom stereocenters. The lowest BCUT2D eigenvalue weighted by Crippen LogP contribution is -2.56. The van der Waals surface area contributed by atoms with Crippen molar-refractivity contribution in [2.45, 2.75) is 70.0 Å². The molecule has 3 heterocycles. The van der Waals surface area contributed by atoms with Gasteiger partial charge in [0.15, 0.2) is 17.9 Å². The molecule has 0 N–H and O–H groups in total. The van der Waals surface area contributed by atoms with E-state index in [4.69, 9.17) is 28.4 Å². The van der Waals surface area contributed by atoms with Gasteiger partial charge < -0.3 is 28.4 Å². The average molecular weight is 314 g/mol. The fourth-order valence-corrected chi connectivity index (χ4v) is 3.05. The molecule has 3 saturated heterocycles. The topological polar surface area (TPSA) is 72.5 Å². The molecule has 3 aliphatic heterocycles. The van der Waals surface area contributed by atoms with Gasteiger partial charge in [0.1, 0.15) is 31.0 Å². The van der Waals surface area contributed by atoms with Crippen LogP contribution in [0.2, 0.25) is 0 Å². The summed E-state index contributed by atoms with van der Waals surface area (Å²) in [6.07, 6.45) is -1.09. The Bertz CT molecular complexity index is 473. The maximum Gasteiger partial charge on any atom is 0.330 e. The third-order valence-corrected chi connectivity index (χ3v) is 3.81. The van der Waals surface area contributed by atoms with E-state index in [1.54, 1.807) is 0 Å². The predicted molar refractivity (Wildman–Crippen MR) is 73.7 cm³/mol. The van der Waals surface area contributed by atoms with E-state index in [1.165, 1.54) is 0 Å². The van der Waals surface area contributed by atoms with Crippen LogP contribution in [-0.4, -0.2) is 54.9 Å². The molecule has 0 aromatic carbocycles. The molecule has 0 radical (unpaired) electrons. The molecule has 0 bridgehead atoms. The van der Waals surface area contributed by atoms with Gasteiger partial charge >= 0.3 is 5.97 Å². The zero-order chi connectivity index (χ0) is 16.1. The van der Waals surface area contributed by atoms with E-state index in [0.29, 0.717) is 0 Å². The molecule has 0 aliphatic carbocycles. The van der Waals surface area contributed by atoms with Crippen LogP contribution in [0.5, 0.6) is 0 Å². The van der Waals surface area contributed by atoms with E-state index < -0.39 is 36.0 Å². The summed E-state index contributed by atoms with van der Waals surface area (Å²) in [6, 6.07) is 0. The molecule has 0 spiro atoms. The van der Waals surface area contributed by atoms with Gasteiger partial charge in [-0.3, -0.25) is 0 Å². The fourth-order valence-electron chi connectivity index (χ4n) is 3.05. The first-order chi connectivity index (χ1) is 10.2.